The molecule has 130 valence electrons. The van der Waals surface area contributed by atoms with Gasteiger partial charge in [-0.15, -0.1) is 0 Å². The zero-order chi connectivity index (χ0) is 18.3. The highest BCUT2D eigenvalue weighted by Gasteiger charge is 2.24. The van der Waals surface area contributed by atoms with Crippen LogP contribution in [0.1, 0.15) is 29.9 Å². The Bertz CT molecular complexity index is 1170. The van der Waals surface area contributed by atoms with Gasteiger partial charge in [0.1, 0.15) is 5.69 Å². The number of nitrogens with one attached hydrogen (secondary N) is 2. The molecule has 0 bridgehead atoms. The molecule has 0 aliphatic rings. The van der Waals surface area contributed by atoms with Crippen LogP contribution in [0.4, 0.5) is 0 Å². The highest BCUT2D eigenvalue weighted by atomic mass is 16.2. The quantitative estimate of drug-likeness (QED) is 0.599. The van der Waals surface area contributed by atoms with Crippen LogP contribution >= 0.6 is 0 Å². The van der Waals surface area contributed by atoms with Crippen LogP contribution in [0.2, 0.25) is 0 Å². The molecule has 4 rings (SSSR count). The minimum Gasteiger partial charge on any atom is -0.342 e. The van der Waals surface area contributed by atoms with Crippen molar-refractivity contribution in [3.8, 4) is 0 Å². The Morgan fingerprint density at radius 3 is 2.54 bits per heavy atom. The predicted octanol–water partition coefficient (Wildman–Crippen LogP) is 2.84. The van der Waals surface area contributed by atoms with Gasteiger partial charge in [0.15, 0.2) is 5.65 Å². The Balaban J connectivity index is 1.73. The van der Waals surface area contributed by atoms with E-state index in [2.05, 4.69) is 15.4 Å². The van der Waals surface area contributed by atoms with Crippen LogP contribution in [-0.4, -0.2) is 20.5 Å². The number of hydrogen-bond donors (Lipinski definition) is 2. The molecule has 2 N–H and O–H groups in total. The standard InChI is InChI=1S/C20H18N4O2/c1-20(2,13-8-4-3-5-9-13)22-18(25)16-12-17-21-15-11-7-6-10-14(15)19(26)24(17)23-16/h3-12,23H,1-2H3,(H,22,25). The van der Waals surface area contributed by atoms with Crippen molar-refractivity contribution >= 4 is 22.5 Å². The lowest BCUT2D eigenvalue weighted by molar-refractivity contribution is 0.0906. The maximum Gasteiger partial charge on any atom is 0.280 e. The summed E-state index contributed by atoms with van der Waals surface area (Å²) < 4.78 is 1.30. The maximum atomic E-state index is 12.7. The zero-order valence-electron chi connectivity index (χ0n) is 14.5. The third-order valence-corrected chi connectivity index (χ3v) is 4.47. The topological polar surface area (TPSA) is 79.3 Å². The lowest BCUT2D eigenvalue weighted by Gasteiger charge is -2.26. The van der Waals surface area contributed by atoms with Crippen molar-refractivity contribution in [1.29, 1.82) is 0 Å². The van der Waals surface area contributed by atoms with E-state index >= 15 is 0 Å². The summed E-state index contributed by atoms with van der Waals surface area (Å²) in [6.45, 7) is 3.86. The van der Waals surface area contributed by atoms with E-state index in [1.165, 1.54) is 4.52 Å². The van der Waals surface area contributed by atoms with Gasteiger partial charge >= 0.3 is 0 Å². The summed E-state index contributed by atoms with van der Waals surface area (Å²) in [4.78, 5) is 29.8. The number of rotatable bonds is 3. The van der Waals surface area contributed by atoms with Crippen molar-refractivity contribution in [3.63, 3.8) is 0 Å². The first-order chi connectivity index (χ1) is 12.5. The second-order valence-electron chi connectivity index (χ2n) is 6.74. The summed E-state index contributed by atoms with van der Waals surface area (Å²) in [5.41, 5.74) is 1.51. The average Bonchev–Trinajstić information content (AvgIpc) is 3.07. The molecule has 0 fully saturated rings. The van der Waals surface area contributed by atoms with Crippen LogP contribution in [0, 0.1) is 0 Å². The van der Waals surface area contributed by atoms with E-state index in [4.69, 9.17) is 0 Å². The first kappa shape index (κ1) is 16.1. The van der Waals surface area contributed by atoms with Gasteiger partial charge in [-0.2, -0.15) is 0 Å². The Morgan fingerprint density at radius 1 is 1.08 bits per heavy atom. The molecule has 0 atom stereocenters. The van der Waals surface area contributed by atoms with Gasteiger partial charge in [0.05, 0.1) is 16.4 Å². The molecule has 0 radical (unpaired) electrons. The van der Waals surface area contributed by atoms with Gasteiger partial charge in [-0.3, -0.25) is 14.7 Å². The molecule has 2 aromatic heterocycles. The summed E-state index contributed by atoms with van der Waals surface area (Å²) >= 11 is 0. The van der Waals surface area contributed by atoms with Crippen LogP contribution in [0.5, 0.6) is 0 Å². The number of aromatic nitrogens is 3. The highest BCUT2D eigenvalue weighted by molar-refractivity contribution is 5.94. The number of carbonyl (C=O) groups excluding carboxylic acids is 1. The van der Waals surface area contributed by atoms with Crippen LogP contribution < -0.4 is 10.9 Å². The van der Waals surface area contributed by atoms with E-state index in [1.54, 1.807) is 24.3 Å². The largest absolute Gasteiger partial charge is 0.342 e. The molecule has 6 heteroatoms. The first-order valence-electron chi connectivity index (χ1n) is 8.34. The van der Waals surface area contributed by atoms with Gasteiger partial charge in [-0.25, -0.2) is 9.50 Å². The van der Waals surface area contributed by atoms with Crippen molar-refractivity contribution in [2.75, 3.05) is 0 Å². The minimum absolute atomic E-state index is 0.230. The summed E-state index contributed by atoms with van der Waals surface area (Å²) in [6, 6.07) is 18.4. The number of benzene rings is 2. The SMILES string of the molecule is CC(C)(NC(=O)c1cc2nc3ccccc3c(=O)n2[nH]1)c1ccccc1. The average molecular weight is 346 g/mol. The summed E-state index contributed by atoms with van der Waals surface area (Å²) in [7, 11) is 0. The Morgan fingerprint density at radius 2 is 1.77 bits per heavy atom. The first-order valence-corrected chi connectivity index (χ1v) is 8.34. The van der Waals surface area contributed by atoms with Crippen molar-refractivity contribution in [3.05, 3.63) is 82.3 Å². The molecule has 1 amide bonds. The number of amides is 1. The molecule has 26 heavy (non-hydrogen) atoms. The van der Waals surface area contributed by atoms with E-state index in [1.807, 2.05) is 50.2 Å². The lowest BCUT2D eigenvalue weighted by Crippen LogP contribution is -2.41. The summed E-state index contributed by atoms with van der Waals surface area (Å²) in [5.74, 6) is -0.298. The van der Waals surface area contributed by atoms with Crippen molar-refractivity contribution < 1.29 is 4.79 Å². The number of carbonyl (C=O) groups is 1. The fourth-order valence-electron chi connectivity index (χ4n) is 3.03. The van der Waals surface area contributed by atoms with E-state index in [0.717, 1.165) is 5.56 Å². The van der Waals surface area contributed by atoms with Crippen LogP contribution in [0.3, 0.4) is 0 Å². The summed E-state index contributed by atoms with van der Waals surface area (Å²) in [6.07, 6.45) is 0. The fourth-order valence-corrected chi connectivity index (χ4v) is 3.03. The number of H-pyrrole nitrogens is 1. The van der Waals surface area contributed by atoms with Crippen molar-refractivity contribution in [2.24, 2.45) is 0 Å². The molecular weight excluding hydrogens is 328 g/mol. The number of aromatic amines is 1. The molecule has 0 saturated carbocycles. The third-order valence-electron chi connectivity index (χ3n) is 4.47. The zero-order valence-corrected chi connectivity index (χ0v) is 14.5. The van der Waals surface area contributed by atoms with Crippen molar-refractivity contribution in [1.82, 2.24) is 19.9 Å². The molecule has 0 unspecified atom stereocenters. The maximum absolute atomic E-state index is 12.7. The number of hydrogen-bond acceptors (Lipinski definition) is 3. The van der Waals surface area contributed by atoms with Gasteiger partial charge in [0.2, 0.25) is 0 Å². The molecule has 2 heterocycles. The lowest BCUT2D eigenvalue weighted by atomic mass is 9.94. The number of fused-ring (bicyclic) bond motifs is 2. The molecule has 0 aliphatic heterocycles. The van der Waals surface area contributed by atoms with E-state index in [-0.39, 0.29) is 17.2 Å². The van der Waals surface area contributed by atoms with E-state index in [9.17, 15) is 9.59 Å². The summed E-state index contributed by atoms with van der Waals surface area (Å²) in [5, 5.41) is 6.36. The van der Waals surface area contributed by atoms with Gasteiger partial charge in [0.25, 0.3) is 11.5 Å². The predicted molar refractivity (Wildman–Crippen MR) is 100 cm³/mol. The molecular formula is C20H18N4O2. The van der Waals surface area contributed by atoms with Crippen LogP contribution in [-0.2, 0) is 5.54 Å². The molecule has 0 saturated heterocycles. The van der Waals surface area contributed by atoms with E-state index in [0.29, 0.717) is 16.6 Å². The van der Waals surface area contributed by atoms with Gasteiger partial charge < -0.3 is 5.32 Å². The van der Waals surface area contributed by atoms with Gasteiger partial charge in [-0.05, 0) is 31.5 Å². The normalized spacial score (nSPS) is 11.8. The number of para-hydroxylation sites is 1. The molecule has 0 spiro atoms. The van der Waals surface area contributed by atoms with Gasteiger partial charge in [-0.1, -0.05) is 42.5 Å². The second kappa shape index (κ2) is 5.84. The Hall–Kier alpha value is -3.41. The number of nitrogens with zero attached hydrogens (tertiary/aromatic N) is 2. The molecule has 2 aromatic carbocycles. The van der Waals surface area contributed by atoms with Crippen molar-refractivity contribution in [2.45, 2.75) is 19.4 Å². The Labute approximate surface area is 149 Å². The van der Waals surface area contributed by atoms with Gasteiger partial charge in [0, 0.05) is 6.07 Å². The smallest absolute Gasteiger partial charge is 0.280 e. The third kappa shape index (κ3) is 2.65. The molecule has 6 nitrogen and oxygen atoms in total. The second-order valence-corrected chi connectivity index (χ2v) is 6.74. The fraction of sp³-hybridized carbons (Fsp3) is 0.150. The van der Waals surface area contributed by atoms with E-state index < -0.39 is 5.54 Å². The van der Waals surface area contributed by atoms with Crippen LogP contribution in [0.15, 0.2) is 65.5 Å². The molecule has 4 aromatic rings. The highest BCUT2D eigenvalue weighted by Crippen LogP contribution is 2.20. The molecule has 0 aliphatic carbocycles. The monoisotopic (exact) mass is 346 g/mol. The van der Waals surface area contributed by atoms with Crippen LogP contribution in [0.25, 0.3) is 16.6 Å². The minimum atomic E-state index is -0.557. The Kier molecular flexibility index (Phi) is 3.61.